The van der Waals surface area contributed by atoms with Crippen LogP contribution in [0.4, 0.5) is 0 Å². The summed E-state index contributed by atoms with van der Waals surface area (Å²) in [6.07, 6.45) is 3.63. The van der Waals surface area contributed by atoms with E-state index in [0.29, 0.717) is 12.5 Å². The third kappa shape index (κ3) is 2.94. The topological polar surface area (TPSA) is 46.3 Å². The van der Waals surface area contributed by atoms with E-state index in [-0.39, 0.29) is 11.3 Å². The van der Waals surface area contributed by atoms with Gasteiger partial charge in [-0.25, -0.2) is 0 Å². The summed E-state index contributed by atoms with van der Waals surface area (Å²) in [7, 11) is 0. The van der Waals surface area contributed by atoms with Gasteiger partial charge in [0, 0.05) is 19.6 Å². The van der Waals surface area contributed by atoms with Crippen molar-refractivity contribution in [2.24, 2.45) is 17.1 Å². The molecule has 0 aromatic heterocycles. The van der Waals surface area contributed by atoms with Gasteiger partial charge in [0.1, 0.15) is 0 Å². The van der Waals surface area contributed by atoms with E-state index in [1.165, 1.54) is 19.3 Å². The second-order valence-corrected chi connectivity index (χ2v) is 5.28. The van der Waals surface area contributed by atoms with E-state index in [0.717, 1.165) is 13.1 Å². The highest BCUT2D eigenvalue weighted by molar-refractivity contribution is 5.82. The summed E-state index contributed by atoms with van der Waals surface area (Å²) in [5.41, 5.74) is 5.23. The molecule has 88 valence electrons. The van der Waals surface area contributed by atoms with E-state index in [1.807, 2.05) is 18.7 Å². The Morgan fingerprint density at radius 2 is 2.20 bits per heavy atom. The van der Waals surface area contributed by atoms with Crippen molar-refractivity contribution in [3.8, 4) is 0 Å². The number of nitrogens with zero attached hydrogens (tertiary/aromatic N) is 1. The van der Waals surface area contributed by atoms with Crippen molar-refractivity contribution in [2.45, 2.75) is 40.0 Å². The zero-order valence-electron chi connectivity index (χ0n) is 10.3. The van der Waals surface area contributed by atoms with Gasteiger partial charge in [-0.1, -0.05) is 13.3 Å². The molecule has 0 radical (unpaired) electrons. The molecule has 0 aromatic carbocycles. The Morgan fingerprint density at radius 3 is 2.73 bits per heavy atom. The van der Waals surface area contributed by atoms with Crippen LogP contribution in [0.25, 0.3) is 0 Å². The highest BCUT2D eigenvalue weighted by atomic mass is 16.2. The molecule has 0 aromatic rings. The summed E-state index contributed by atoms with van der Waals surface area (Å²) < 4.78 is 0. The molecule has 1 saturated heterocycles. The Bertz CT molecular complexity index is 226. The van der Waals surface area contributed by atoms with Crippen LogP contribution in [0, 0.1) is 11.3 Å². The van der Waals surface area contributed by atoms with Gasteiger partial charge in [0.05, 0.1) is 5.41 Å². The molecule has 3 heteroatoms. The third-order valence-corrected chi connectivity index (χ3v) is 3.36. The Kier molecular flexibility index (Phi) is 4.14. The lowest BCUT2D eigenvalue weighted by molar-refractivity contribution is -0.138. The van der Waals surface area contributed by atoms with Gasteiger partial charge in [-0.3, -0.25) is 4.79 Å². The van der Waals surface area contributed by atoms with Gasteiger partial charge in [0.2, 0.25) is 5.91 Å². The summed E-state index contributed by atoms with van der Waals surface area (Å²) in [6.45, 7) is 8.36. The number of carbonyl (C=O) groups is 1. The van der Waals surface area contributed by atoms with Crippen LogP contribution < -0.4 is 5.73 Å². The van der Waals surface area contributed by atoms with Crippen LogP contribution in [-0.2, 0) is 4.79 Å². The largest absolute Gasteiger partial charge is 0.342 e. The van der Waals surface area contributed by atoms with Gasteiger partial charge in [-0.15, -0.1) is 0 Å². The molecule has 1 fully saturated rings. The van der Waals surface area contributed by atoms with Crippen LogP contribution in [-0.4, -0.2) is 30.4 Å². The maximum absolute atomic E-state index is 12.1. The minimum absolute atomic E-state index is 0.226. The zero-order valence-corrected chi connectivity index (χ0v) is 10.3. The van der Waals surface area contributed by atoms with Crippen molar-refractivity contribution < 1.29 is 4.79 Å². The molecule has 0 aliphatic carbocycles. The Hall–Kier alpha value is -0.570. The van der Waals surface area contributed by atoms with E-state index >= 15 is 0 Å². The van der Waals surface area contributed by atoms with Crippen LogP contribution in [0.2, 0.25) is 0 Å². The predicted octanol–water partition coefficient (Wildman–Crippen LogP) is 1.62. The Labute approximate surface area is 93.0 Å². The first-order valence-corrected chi connectivity index (χ1v) is 6.00. The lowest BCUT2D eigenvalue weighted by atomic mass is 9.92. The average Bonchev–Trinajstić information content (AvgIpc) is 2.66. The average molecular weight is 212 g/mol. The molecular weight excluding hydrogens is 188 g/mol. The molecule has 1 rings (SSSR count). The molecule has 0 spiro atoms. The van der Waals surface area contributed by atoms with Gasteiger partial charge in [0.15, 0.2) is 0 Å². The molecule has 15 heavy (non-hydrogen) atoms. The highest BCUT2D eigenvalue weighted by Crippen LogP contribution is 2.25. The normalized spacial score (nSPS) is 22.1. The van der Waals surface area contributed by atoms with E-state index in [4.69, 9.17) is 5.73 Å². The van der Waals surface area contributed by atoms with Crippen LogP contribution in [0.15, 0.2) is 0 Å². The number of amides is 1. The molecule has 1 aliphatic heterocycles. The summed E-state index contributed by atoms with van der Waals surface area (Å²) in [6, 6.07) is 0. The zero-order chi connectivity index (χ0) is 11.5. The molecule has 0 saturated carbocycles. The summed E-state index contributed by atoms with van der Waals surface area (Å²) in [5.74, 6) is 0.941. The van der Waals surface area contributed by atoms with Crippen molar-refractivity contribution in [3.63, 3.8) is 0 Å². The predicted molar refractivity (Wildman–Crippen MR) is 62.4 cm³/mol. The summed E-state index contributed by atoms with van der Waals surface area (Å²) in [5, 5.41) is 0. The first-order valence-electron chi connectivity index (χ1n) is 6.00. The van der Waals surface area contributed by atoms with Crippen LogP contribution in [0.5, 0.6) is 0 Å². The van der Waals surface area contributed by atoms with Crippen molar-refractivity contribution in [1.29, 1.82) is 0 Å². The number of hydrogen-bond donors (Lipinski definition) is 1. The second-order valence-electron chi connectivity index (χ2n) is 5.28. The highest BCUT2D eigenvalue weighted by Gasteiger charge is 2.34. The maximum atomic E-state index is 12.1. The van der Waals surface area contributed by atoms with Crippen molar-refractivity contribution in [1.82, 2.24) is 4.90 Å². The standard InChI is InChI=1S/C12H24N2O/c1-4-5-10-6-7-14(8-10)11(15)12(2,3)9-13/h10H,4-9,13H2,1-3H3. The van der Waals surface area contributed by atoms with Gasteiger partial charge >= 0.3 is 0 Å². The van der Waals surface area contributed by atoms with Gasteiger partial charge < -0.3 is 10.6 Å². The molecule has 2 N–H and O–H groups in total. The van der Waals surface area contributed by atoms with Crippen LogP contribution >= 0.6 is 0 Å². The monoisotopic (exact) mass is 212 g/mol. The number of carbonyl (C=O) groups excluding carboxylic acids is 1. The SMILES string of the molecule is CCCC1CCN(C(=O)C(C)(C)CN)C1. The lowest BCUT2D eigenvalue weighted by Crippen LogP contribution is -2.43. The van der Waals surface area contributed by atoms with Gasteiger partial charge in [-0.2, -0.15) is 0 Å². The van der Waals surface area contributed by atoms with Gasteiger partial charge in [0.25, 0.3) is 0 Å². The van der Waals surface area contributed by atoms with E-state index in [9.17, 15) is 4.79 Å². The van der Waals surface area contributed by atoms with Crippen molar-refractivity contribution >= 4 is 5.91 Å². The minimum atomic E-state index is -0.388. The fourth-order valence-corrected chi connectivity index (χ4v) is 2.18. The fraction of sp³-hybridized carbons (Fsp3) is 0.917. The molecule has 0 bridgehead atoms. The molecule has 1 aliphatic rings. The van der Waals surface area contributed by atoms with E-state index in [2.05, 4.69) is 6.92 Å². The van der Waals surface area contributed by atoms with Crippen LogP contribution in [0.3, 0.4) is 0 Å². The smallest absolute Gasteiger partial charge is 0.229 e. The minimum Gasteiger partial charge on any atom is -0.342 e. The maximum Gasteiger partial charge on any atom is 0.229 e. The molecule has 3 nitrogen and oxygen atoms in total. The number of rotatable bonds is 4. The first kappa shape index (κ1) is 12.5. The van der Waals surface area contributed by atoms with Crippen molar-refractivity contribution in [2.75, 3.05) is 19.6 Å². The second kappa shape index (κ2) is 4.97. The molecule has 1 atom stereocenters. The molecule has 1 heterocycles. The Balaban J connectivity index is 2.50. The fourth-order valence-electron chi connectivity index (χ4n) is 2.18. The number of likely N-dealkylation sites (tertiary alicyclic amines) is 1. The number of hydrogen-bond acceptors (Lipinski definition) is 2. The Morgan fingerprint density at radius 1 is 1.53 bits per heavy atom. The number of nitrogens with two attached hydrogens (primary N) is 1. The summed E-state index contributed by atoms with van der Waals surface area (Å²) >= 11 is 0. The lowest BCUT2D eigenvalue weighted by Gasteiger charge is -2.28. The van der Waals surface area contributed by atoms with Gasteiger partial charge in [-0.05, 0) is 32.6 Å². The quantitative estimate of drug-likeness (QED) is 0.769. The third-order valence-electron chi connectivity index (χ3n) is 3.36. The summed E-state index contributed by atoms with van der Waals surface area (Å²) in [4.78, 5) is 14.1. The first-order chi connectivity index (χ1) is 7.01. The molecular formula is C12H24N2O. The van der Waals surface area contributed by atoms with Crippen LogP contribution in [0.1, 0.15) is 40.0 Å². The van der Waals surface area contributed by atoms with E-state index < -0.39 is 0 Å². The molecule has 1 amide bonds. The van der Waals surface area contributed by atoms with Crippen molar-refractivity contribution in [3.05, 3.63) is 0 Å². The van der Waals surface area contributed by atoms with E-state index in [1.54, 1.807) is 0 Å². The molecule has 1 unspecified atom stereocenters.